The van der Waals surface area contributed by atoms with Crippen molar-refractivity contribution in [3.63, 3.8) is 0 Å². The summed E-state index contributed by atoms with van der Waals surface area (Å²) in [5, 5.41) is 8.61. The van der Waals surface area contributed by atoms with Crippen LogP contribution in [0.2, 0.25) is 18.6 Å². The zero-order chi connectivity index (χ0) is 13.6. The quantitative estimate of drug-likeness (QED) is 0.345. The van der Waals surface area contributed by atoms with Crippen molar-refractivity contribution >= 4 is 26.1 Å². The molecule has 0 heterocycles. The molecule has 2 N–H and O–H groups in total. The molecule has 0 aliphatic heterocycles. The number of carbonyl (C=O) groups is 2. The molecular weight excluding hydrogens is 238 g/mol. The van der Waals surface area contributed by atoms with E-state index >= 15 is 0 Å². The molecule has 6 nitrogen and oxygen atoms in total. The standard InChI is InChI=1S/C10H21N3O3Si/c1-7(2)17(5,6)16-13-10(11-8(3)14)12-9(4)15/h7H,1-6H3,(H2,11,12,13,14,15). The SMILES string of the molecule is CC(=O)NC(=NO[Si](C)(C)C(C)C)NC(C)=O. The average molecular weight is 259 g/mol. The fourth-order valence-electron chi connectivity index (χ4n) is 0.679. The minimum atomic E-state index is -1.94. The van der Waals surface area contributed by atoms with Crippen LogP contribution in [0.3, 0.4) is 0 Å². The van der Waals surface area contributed by atoms with Crippen molar-refractivity contribution < 1.29 is 14.1 Å². The number of nitrogens with one attached hydrogen (secondary N) is 2. The summed E-state index contributed by atoms with van der Waals surface area (Å²) in [5.41, 5.74) is 0.377. The molecule has 17 heavy (non-hydrogen) atoms. The Hall–Kier alpha value is -1.37. The van der Waals surface area contributed by atoms with E-state index in [4.69, 9.17) is 4.53 Å². The third kappa shape index (κ3) is 6.72. The van der Waals surface area contributed by atoms with Crippen molar-refractivity contribution in [1.82, 2.24) is 10.6 Å². The van der Waals surface area contributed by atoms with E-state index in [1.165, 1.54) is 13.8 Å². The Morgan fingerprint density at radius 1 is 1.12 bits per heavy atom. The lowest BCUT2D eigenvalue weighted by Gasteiger charge is -2.23. The van der Waals surface area contributed by atoms with Crippen molar-refractivity contribution in [1.29, 1.82) is 0 Å². The summed E-state index contributed by atoms with van der Waals surface area (Å²) in [4.78, 5) is 21.8. The lowest BCUT2D eigenvalue weighted by molar-refractivity contribution is -0.118. The summed E-state index contributed by atoms with van der Waals surface area (Å²) in [7, 11) is -1.94. The minimum Gasteiger partial charge on any atom is -0.452 e. The number of hydrogen-bond donors (Lipinski definition) is 2. The van der Waals surface area contributed by atoms with Crippen LogP contribution in [-0.2, 0) is 14.1 Å². The van der Waals surface area contributed by atoms with Crippen LogP contribution >= 0.6 is 0 Å². The van der Waals surface area contributed by atoms with Gasteiger partial charge in [0.2, 0.25) is 17.8 Å². The van der Waals surface area contributed by atoms with E-state index in [2.05, 4.69) is 29.6 Å². The van der Waals surface area contributed by atoms with Crippen molar-refractivity contribution in [2.24, 2.45) is 5.16 Å². The zero-order valence-electron chi connectivity index (χ0n) is 11.2. The summed E-state index contributed by atoms with van der Waals surface area (Å²) in [6.07, 6.45) is 0. The maximum absolute atomic E-state index is 10.9. The lowest BCUT2D eigenvalue weighted by atomic mass is 10.6. The molecule has 0 aliphatic carbocycles. The fraction of sp³-hybridized carbons (Fsp3) is 0.700. The topological polar surface area (TPSA) is 79.8 Å². The van der Waals surface area contributed by atoms with Crippen molar-refractivity contribution in [3.05, 3.63) is 0 Å². The van der Waals surface area contributed by atoms with Gasteiger partial charge in [-0.25, -0.2) is 0 Å². The van der Waals surface area contributed by atoms with Gasteiger partial charge in [-0.1, -0.05) is 19.0 Å². The summed E-state index contributed by atoms with van der Waals surface area (Å²) < 4.78 is 5.45. The molecule has 98 valence electrons. The van der Waals surface area contributed by atoms with Crippen LogP contribution in [0.4, 0.5) is 0 Å². The van der Waals surface area contributed by atoms with E-state index in [9.17, 15) is 9.59 Å². The molecule has 0 aromatic carbocycles. The smallest absolute Gasteiger partial charge is 0.284 e. The highest BCUT2D eigenvalue weighted by Gasteiger charge is 2.29. The van der Waals surface area contributed by atoms with E-state index in [1.54, 1.807) is 0 Å². The first-order valence-corrected chi connectivity index (χ1v) is 8.45. The summed E-state index contributed by atoms with van der Waals surface area (Å²) >= 11 is 0. The second kappa shape index (κ2) is 6.38. The summed E-state index contributed by atoms with van der Waals surface area (Å²) in [5.74, 6) is -0.596. The maximum atomic E-state index is 10.9. The fourth-order valence-corrected chi connectivity index (χ4v) is 1.22. The summed E-state index contributed by atoms with van der Waals surface area (Å²) in [6, 6.07) is 0. The van der Waals surface area contributed by atoms with Crippen LogP contribution in [-0.4, -0.2) is 26.1 Å². The molecule has 7 heteroatoms. The number of oxime groups is 1. The van der Waals surface area contributed by atoms with E-state index in [0.29, 0.717) is 5.54 Å². The van der Waals surface area contributed by atoms with Crippen molar-refractivity contribution in [3.8, 4) is 0 Å². The van der Waals surface area contributed by atoms with Gasteiger partial charge in [0.15, 0.2) is 0 Å². The first-order valence-electron chi connectivity index (χ1n) is 5.46. The first kappa shape index (κ1) is 15.6. The van der Waals surface area contributed by atoms with Gasteiger partial charge in [-0.15, -0.1) is 0 Å². The van der Waals surface area contributed by atoms with Crippen LogP contribution in [0, 0.1) is 0 Å². The predicted molar refractivity (Wildman–Crippen MR) is 68.7 cm³/mol. The molecule has 0 saturated heterocycles. The molecule has 0 aliphatic rings. The van der Waals surface area contributed by atoms with Gasteiger partial charge in [0.25, 0.3) is 8.32 Å². The normalized spacial score (nSPS) is 10.8. The number of amides is 2. The molecule has 0 unspecified atom stereocenters. The third-order valence-electron chi connectivity index (χ3n) is 2.35. The molecule has 0 bridgehead atoms. The second-order valence-electron chi connectivity index (χ2n) is 4.65. The Balaban J connectivity index is 4.68. The minimum absolute atomic E-state index is 0.0335. The van der Waals surface area contributed by atoms with E-state index in [-0.39, 0.29) is 17.8 Å². The molecule has 0 atom stereocenters. The number of rotatable bonds is 3. The van der Waals surface area contributed by atoms with Gasteiger partial charge >= 0.3 is 0 Å². The van der Waals surface area contributed by atoms with E-state index in [1.807, 2.05) is 13.1 Å². The molecule has 0 radical (unpaired) electrons. The number of hydrogen-bond acceptors (Lipinski definition) is 4. The Morgan fingerprint density at radius 2 is 1.53 bits per heavy atom. The van der Waals surface area contributed by atoms with Crippen LogP contribution < -0.4 is 10.6 Å². The van der Waals surface area contributed by atoms with E-state index in [0.717, 1.165) is 0 Å². The molecule has 0 spiro atoms. The Morgan fingerprint density at radius 3 is 1.82 bits per heavy atom. The third-order valence-corrected chi connectivity index (χ3v) is 5.69. The van der Waals surface area contributed by atoms with Gasteiger partial charge in [0.1, 0.15) is 0 Å². The number of guanidine groups is 1. The van der Waals surface area contributed by atoms with Crippen molar-refractivity contribution in [2.75, 3.05) is 0 Å². The monoisotopic (exact) mass is 259 g/mol. The van der Waals surface area contributed by atoms with Crippen LogP contribution in [0.5, 0.6) is 0 Å². The Bertz CT molecular complexity index is 309. The van der Waals surface area contributed by atoms with Gasteiger partial charge in [-0.2, -0.15) is 0 Å². The molecule has 2 amide bonds. The van der Waals surface area contributed by atoms with Crippen LogP contribution in [0.15, 0.2) is 5.16 Å². The second-order valence-corrected chi connectivity index (χ2v) is 9.20. The number of carbonyl (C=O) groups excluding carboxylic acids is 2. The van der Waals surface area contributed by atoms with Gasteiger partial charge in [-0.3, -0.25) is 20.2 Å². The zero-order valence-corrected chi connectivity index (χ0v) is 12.2. The Kier molecular flexibility index (Phi) is 5.87. The van der Waals surface area contributed by atoms with E-state index < -0.39 is 8.32 Å². The highest BCUT2D eigenvalue weighted by molar-refractivity contribution is 6.72. The predicted octanol–water partition coefficient (Wildman–Crippen LogP) is 1.16. The number of nitrogens with zero attached hydrogens (tertiary/aromatic N) is 1. The molecule has 0 saturated carbocycles. The van der Waals surface area contributed by atoms with Gasteiger partial charge in [0, 0.05) is 13.8 Å². The molecule has 0 aromatic rings. The molecular formula is C10H21N3O3Si. The molecule has 0 aromatic heterocycles. The van der Waals surface area contributed by atoms with Gasteiger partial charge in [-0.05, 0) is 18.6 Å². The highest BCUT2D eigenvalue weighted by Crippen LogP contribution is 2.21. The largest absolute Gasteiger partial charge is 0.452 e. The van der Waals surface area contributed by atoms with Crippen LogP contribution in [0.1, 0.15) is 27.7 Å². The highest BCUT2D eigenvalue weighted by atomic mass is 28.4. The lowest BCUT2D eigenvalue weighted by Crippen LogP contribution is -2.43. The molecule has 0 fully saturated rings. The summed E-state index contributed by atoms with van der Waals surface area (Å²) in [6.45, 7) is 10.8. The van der Waals surface area contributed by atoms with Gasteiger partial charge in [0.05, 0.1) is 0 Å². The van der Waals surface area contributed by atoms with Crippen molar-refractivity contribution in [2.45, 2.75) is 46.3 Å². The maximum Gasteiger partial charge on any atom is 0.284 e. The molecule has 0 rings (SSSR count). The van der Waals surface area contributed by atoms with Crippen LogP contribution in [0.25, 0.3) is 0 Å². The first-order chi connectivity index (χ1) is 7.65. The Labute approximate surface area is 103 Å². The van der Waals surface area contributed by atoms with Gasteiger partial charge < -0.3 is 4.53 Å². The average Bonchev–Trinajstić information content (AvgIpc) is 2.12.